The maximum Gasteiger partial charge on any atom is 0.147 e. The Hall–Kier alpha value is -2.25. The Bertz CT molecular complexity index is 765. The van der Waals surface area contributed by atoms with Crippen LogP contribution in [0.3, 0.4) is 0 Å². The van der Waals surface area contributed by atoms with Gasteiger partial charge in [-0.25, -0.2) is 9.37 Å². The van der Waals surface area contributed by atoms with E-state index in [9.17, 15) is 4.39 Å². The van der Waals surface area contributed by atoms with E-state index in [1.807, 2.05) is 0 Å². The second-order valence-corrected chi connectivity index (χ2v) is 7.29. The van der Waals surface area contributed by atoms with Crippen molar-refractivity contribution >= 4 is 5.82 Å². The van der Waals surface area contributed by atoms with E-state index in [-0.39, 0.29) is 11.9 Å². The Balaban J connectivity index is 1.52. The van der Waals surface area contributed by atoms with Gasteiger partial charge in [-0.15, -0.1) is 0 Å². The third-order valence-corrected chi connectivity index (χ3v) is 5.14. The van der Waals surface area contributed by atoms with E-state index in [1.165, 1.54) is 12.1 Å². The quantitative estimate of drug-likeness (QED) is 0.870. The number of hydrogen-bond acceptors (Lipinski definition) is 6. The Kier molecular flexibility index (Phi) is 5.50. The van der Waals surface area contributed by atoms with Gasteiger partial charge < -0.3 is 20.1 Å². The lowest BCUT2D eigenvalue weighted by Crippen LogP contribution is -2.43. The van der Waals surface area contributed by atoms with E-state index in [1.54, 1.807) is 18.5 Å². The maximum absolute atomic E-state index is 13.8. The highest BCUT2D eigenvalue weighted by Crippen LogP contribution is 2.31. The van der Waals surface area contributed by atoms with E-state index >= 15 is 0 Å². The number of nitrogens with two attached hydrogens (primary N) is 1. The van der Waals surface area contributed by atoms with Crippen LogP contribution in [0.2, 0.25) is 0 Å². The second-order valence-electron chi connectivity index (χ2n) is 7.29. The van der Waals surface area contributed by atoms with E-state index in [0.29, 0.717) is 36.1 Å². The first kappa shape index (κ1) is 18.1. The number of ether oxygens (including phenoxy) is 2. The van der Waals surface area contributed by atoms with Crippen molar-refractivity contribution in [2.45, 2.75) is 25.3 Å². The summed E-state index contributed by atoms with van der Waals surface area (Å²) in [5, 5.41) is 0. The van der Waals surface area contributed by atoms with E-state index < -0.39 is 0 Å². The van der Waals surface area contributed by atoms with Gasteiger partial charge in [0.1, 0.15) is 17.4 Å². The van der Waals surface area contributed by atoms with Gasteiger partial charge in [0.2, 0.25) is 0 Å². The zero-order chi connectivity index (χ0) is 18.6. The fourth-order valence-electron chi connectivity index (χ4n) is 3.59. The minimum atomic E-state index is -0.325. The van der Waals surface area contributed by atoms with Crippen molar-refractivity contribution in [2.24, 2.45) is 11.7 Å². The molecule has 2 aliphatic rings. The number of piperidine rings is 1. The van der Waals surface area contributed by atoms with Gasteiger partial charge in [-0.05, 0) is 37.5 Å². The molecule has 4 rings (SSSR count). The Morgan fingerprint density at radius 1 is 1.26 bits per heavy atom. The molecule has 2 aromatic rings. The van der Waals surface area contributed by atoms with Gasteiger partial charge in [0.05, 0.1) is 31.3 Å². The summed E-state index contributed by atoms with van der Waals surface area (Å²) in [6, 6.07) is 4.67. The fraction of sp³-hybridized carbons (Fsp3) is 0.500. The third kappa shape index (κ3) is 4.36. The minimum absolute atomic E-state index is 0.169. The smallest absolute Gasteiger partial charge is 0.147 e. The van der Waals surface area contributed by atoms with Crippen molar-refractivity contribution < 1.29 is 13.9 Å². The maximum atomic E-state index is 13.8. The first-order chi connectivity index (χ1) is 13.2. The number of benzene rings is 1. The number of rotatable bonds is 5. The largest absolute Gasteiger partial charge is 0.492 e. The molecular weight excluding hydrogens is 347 g/mol. The molecule has 3 heterocycles. The minimum Gasteiger partial charge on any atom is -0.492 e. The first-order valence-corrected chi connectivity index (χ1v) is 9.52. The molecule has 2 atom stereocenters. The van der Waals surface area contributed by atoms with Gasteiger partial charge in [-0.3, -0.25) is 4.98 Å². The van der Waals surface area contributed by atoms with Crippen LogP contribution < -0.4 is 15.4 Å². The highest BCUT2D eigenvalue weighted by Gasteiger charge is 2.20. The predicted molar refractivity (Wildman–Crippen MR) is 101 cm³/mol. The van der Waals surface area contributed by atoms with Crippen LogP contribution in [0, 0.1) is 11.7 Å². The number of nitrogens with zero attached hydrogens (tertiary/aromatic N) is 3. The number of hydrogen-bond donors (Lipinski definition) is 1. The van der Waals surface area contributed by atoms with E-state index in [4.69, 9.17) is 15.2 Å². The van der Waals surface area contributed by atoms with Crippen molar-refractivity contribution in [1.29, 1.82) is 0 Å². The molecule has 144 valence electrons. The number of halogens is 1. The molecule has 0 bridgehead atoms. The van der Waals surface area contributed by atoms with Crippen molar-refractivity contribution in [2.75, 3.05) is 37.8 Å². The summed E-state index contributed by atoms with van der Waals surface area (Å²) in [4.78, 5) is 11.2. The topological polar surface area (TPSA) is 73.5 Å². The van der Waals surface area contributed by atoms with Crippen molar-refractivity contribution in [1.82, 2.24) is 9.97 Å². The molecule has 0 amide bonds. The molecule has 1 aromatic heterocycles. The van der Waals surface area contributed by atoms with Crippen molar-refractivity contribution in [3.05, 3.63) is 36.4 Å². The normalized spacial score (nSPS) is 22.8. The molecular formula is C20H25FN4O2. The average Bonchev–Trinajstić information content (AvgIpc) is 3.21. The lowest BCUT2D eigenvalue weighted by molar-refractivity contribution is 0.167. The molecule has 7 heteroatoms. The summed E-state index contributed by atoms with van der Waals surface area (Å²) >= 11 is 0. The van der Waals surface area contributed by atoms with Crippen LogP contribution in [0.1, 0.15) is 19.3 Å². The zero-order valence-corrected chi connectivity index (χ0v) is 15.3. The van der Waals surface area contributed by atoms with Crippen molar-refractivity contribution in [3.63, 3.8) is 0 Å². The van der Waals surface area contributed by atoms with Gasteiger partial charge in [0, 0.05) is 37.2 Å². The van der Waals surface area contributed by atoms with Crippen LogP contribution in [0.15, 0.2) is 30.6 Å². The zero-order valence-electron chi connectivity index (χ0n) is 15.3. The molecule has 2 N–H and O–H groups in total. The Morgan fingerprint density at radius 3 is 2.93 bits per heavy atom. The van der Waals surface area contributed by atoms with Crippen molar-refractivity contribution in [3.8, 4) is 17.0 Å². The standard InChI is InChI=1S/C20H25FN4O2/c21-15-3-4-19(27-13-14-5-7-26-12-14)17(8-15)18-9-24-20(10-23-18)25-6-1-2-16(22)11-25/h3-4,8-10,14,16H,1-2,5-7,11-13,22H2. The molecule has 0 saturated carbocycles. The molecule has 2 aliphatic heterocycles. The van der Waals surface area contributed by atoms with Crippen LogP contribution in [-0.4, -0.2) is 48.9 Å². The molecule has 2 fully saturated rings. The number of aromatic nitrogens is 2. The molecule has 6 nitrogen and oxygen atoms in total. The Labute approximate surface area is 158 Å². The highest BCUT2D eigenvalue weighted by molar-refractivity contribution is 5.67. The first-order valence-electron chi connectivity index (χ1n) is 9.52. The highest BCUT2D eigenvalue weighted by atomic mass is 19.1. The van der Waals surface area contributed by atoms with Gasteiger partial charge in [-0.2, -0.15) is 0 Å². The summed E-state index contributed by atoms with van der Waals surface area (Å²) in [7, 11) is 0. The molecule has 1 aromatic carbocycles. The SMILES string of the molecule is NC1CCCN(c2cnc(-c3cc(F)ccc3OCC3CCOC3)cn2)C1. The summed E-state index contributed by atoms with van der Waals surface area (Å²) in [6.07, 6.45) is 6.49. The predicted octanol–water partition coefficient (Wildman–Crippen LogP) is 2.63. The fourth-order valence-corrected chi connectivity index (χ4v) is 3.59. The molecule has 27 heavy (non-hydrogen) atoms. The number of anilines is 1. The van der Waals surface area contributed by atoms with Crippen LogP contribution >= 0.6 is 0 Å². The van der Waals surface area contributed by atoms with Crippen LogP contribution in [0.25, 0.3) is 11.3 Å². The molecule has 0 aliphatic carbocycles. The van der Waals surface area contributed by atoms with Crippen LogP contribution in [0.4, 0.5) is 10.2 Å². The van der Waals surface area contributed by atoms with Crippen LogP contribution in [-0.2, 0) is 4.74 Å². The third-order valence-electron chi connectivity index (χ3n) is 5.14. The van der Waals surface area contributed by atoms with Gasteiger partial charge in [-0.1, -0.05) is 0 Å². The lowest BCUT2D eigenvalue weighted by Gasteiger charge is -2.31. The average molecular weight is 372 g/mol. The molecule has 0 spiro atoms. The van der Waals surface area contributed by atoms with E-state index in [2.05, 4.69) is 14.9 Å². The summed E-state index contributed by atoms with van der Waals surface area (Å²) < 4.78 is 25.2. The monoisotopic (exact) mass is 372 g/mol. The summed E-state index contributed by atoms with van der Waals surface area (Å²) in [5.41, 5.74) is 7.26. The molecule has 2 unspecified atom stereocenters. The summed E-state index contributed by atoms with van der Waals surface area (Å²) in [5.74, 6) is 1.47. The van der Waals surface area contributed by atoms with Gasteiger partial charge >= 0.3 is 0 Å². The van der Waals surface area contributed by atoms with Gasteiger partial charge in [0.15, 0.2) is 0 Å². The second kappa shape index (κ2) is 8.19. The van der Waals surface area contributed by atoms with Gasteiger partial charge in [0.25, 0.3) is 0 Å². The summed E-state index contributed by atoms with van der Waals surface area (Å²) in [6.45, 7) is 3.75. The lowest BCUT2D eigenvalue weighted by atomic mass is 10.1. The Morgan fingerprint density at radius 2 is 2.19 bits per heavy atom. The molecule has 0 radical (unpaired) electrons. The van der Waals surface area contributed by atoms with Crippen LogP contribution in [0.5, 0.6) is 5.75 Å². The van der Waals surface area contributed by atoms with E-state index in [0.717, 1.165) is 44.8 Å². The molecule has 2 saturated heterocycles.